The van der Waals surface area contributed by atoms with Crippen molar-refractivity contribution in [2.75, 3.05) is 12.4 Å². The highest BCUT2D eigenvalue weighted by atomic mass is 32.1. The Kier molecular flexibility index (Phi) is 6.21. The maximum atomic E-state index is 14.9. The van der Waals surface area contributed by atoms with E-state index >= 15 is 0 Å². The van der Waals surface area contributed by atoms with E-state index in [0.717, 1.165) is 28.0 Å². The molecule has 8 heteroatoms. The molecule has 35 heavy (non-hydrogen) atoms. The minimum atomic E-state index is -0.910. The zero-order valence-electron chi connectivity index (χ0n) is 19.0. The first-order chi connectivity index (χ1) is 16.9. The van der Waals surface area contributed by atoms with Gasteiger partial charge < -0.3 is 15.2 Å². The number of thiazole rings is 1. The van der Waals surface area contributed by atoms with Crippen LogP contribution in [0.5, 0.6) is 5.75 Å². The number of ketones is 1. The molecule has 1 aliphatic carbocycles. The molecule has 0 bridgehead atoms. The number of carbonyl (C=O) groups is 2. The molecule has 5 rings (SSSR count). The van der Waals surface area contributed by atoms with Crippen molar-refractivity contribution in [1.82, 2.24) is 4.98 Å². The third-order valence-corrected chi connectivity index (χ3v) is 7.41. The van der Waals surface area contributed by atoms with Gasteiger partial charge in [-0.1, -0.05) is 48.1 Å². The Morgan fingerprint density at radius 1 is 1.03 bits per heavy atom. The summed E-state index contributed by atoms with van der Waals surface area (Å²) in [5.74, 6) is -1.83. The average molecular weight is 491 g/mol. The van der Waals surface area contributed by atoms with Crippen LogP contribution in [-0.2, 0) is 4.79 Å². The monoisotopic (exact) mass is 490 g/mol. The third-order valence-electron chi connectivity index (χ3n) is 6.48. The predicted molar refractivity (Wildman–Crippen MR) is 134 cm³/mol. The molecule has 1 aromatic heterocycles. The lowest BCUT2D eigenvalue weighted by molar-refractivity contribution is -0.142. The second-order valence-electron chi connectivity index (χ2n) is 8.60. The lowest BCUT2D eigenvalue weighted by atomic mass is 9.88. The van der Waals surface area contributed by atoms with Crippen LogP contribution in [0.1, 0.15) is 29.6 Å². The molecule has 1 saturated carbocycles. The fraction of sp³-hybridized carbons (Fsp3) is 0.222. The molecule has 1 aliphatic rings. The molecule has 1 fully saturated rings. The van der Waals surface area contributed by atoms with Crippen LogP contribution < -0.4 is 10.1 Å². The van der Waals surface area contributed by atoms with E-state index in [0.29, 0.717) is 34.8 Å². The molecular weight excluding hydrogens is 467 g/mol. The van der Waals surface area contributed by atoms with Crippen molar-refractivity contribution in [3.63, 3.8) is 0 Å². The van der Waals surface area contributed by atoms with E-state index in [9.17, 15) is 19.1 Å². The van der Waals surface area contributed by atoms with Crippen LogP contribution >= 0.6 is 11.3 Å². The highest BCUT2D eigenvalue weighted by Crippen LogP contribution is 2.35. The number of fused-ring (bicyclic) bond motifs is 1. The molecule has 0 aliphatic heterocycles. The van der Waals surface area contributed by atoms with Crippen molar-refractivity contribution in [2.45, 2.75) is 19.3 Å². The number of carboxylic acid groups (broad SMARTS) is 1. The lowest BCUT2D eigenvalue weighted by Gasteiger charge is -2.15. The van der Waals surface area contributed by atoms with E-state index in [4.69, 9.17) is 4.74 Å². The van der Waals surface area contributed by atoms with Crippen LogP contribution in [0.25, 0.3) is 21.3 Å². The Morgan fingerprint density at radius 2 is 1.77 bits per heavy atom. The Morgan fingerprint density at radius 3 is 2.49 bits per heavy atom. The van der Waals surface area contributed by atoms with Gasteiger partial charge in [-0.15, -0.1) is 0 Å². The number of benzene rings is 3. The number of hydrogen-bond donors (Lipinski definition) is 2. The molecule has 4 aromatic rings. The van der Waals surface area contributed by atoms with Crippen LogP contribution in [0.3, 0.4) is 0 Å². The number of nitrogens with zero attached hydrogens (tertiary/aromatic N) is 1. The largest absolute Gasteiger partial charge is 0.497 e. The average Bonchev–Trinajstić information content (AvgIpc) is 3.51. The SMILES string of the molecule is COc1ccc2nc(Nc3ccc(-c4ccc(C(=O)[C@@H]5CCC[C@H]5C(=O)O)cc4)cc3F)sc2c1. The number of halogens is 1. The van der Waals surface area contributed by atoms with Crippen LogP contribution in [-0.4, -0.2) is 29.0 Å². The van der Waals surface area contributed by atoms with E-state index in [-0.39, 0.29) is 5.78 Å². The lowest BCUT2D eigenvalue weighted by Crippen LogP contribution is -2.25. The standard InChI is InChI=1S/C27H23FN2O4S/c1-34-18-10-12-23-24(14-18)35-27(30-23)29-22-11-9-17(13-21(22)28)15-5-7-16(8-6-15)25(31)19-3-2-4-20(19)26(32)33/h5-14,19-20H,2-4H2,1H3,(H,29,30)(H,32,33)/t19-,20-/m1/s1. The summed E-state index contributed by atoms with van der Waals surface area (Å²) >= 11 is 1.41. The van der Waals surface area contributed by atoms with Crippen molar-refractivity contribution in [2.24, 2.45) is 11.8 Å². The number of anilines is 2. The second kappa shape index (κ2) is 9.46. The molecule has 0 spiro atoms. The first-order valence-corrected chi connectivity index (χ1v) is 12.1. The van der Waals surface area contributed by atoms with E-state index in [1.807, 2.05) is 18.2 Å². The summed E-state index contributed by atoms with van der Waals surface area (Å²) in [5, 5.41) is 13.0. The van der Waals surface area contributed by atoms with Gasteiger partial charge in [-0.2, -0.15) is 0 Å². The van der Waals surface area contributed by atoms with Crippen molar-refractivity contribution >= 4 is 44.1 Å². The van der Waals surface area contributed by atoms with Gasteiger partial charge in [0.05, 0.1) is 28.9 Å². The minimum absolute atomic E-state index is 0.138. The molecule has 0 radical (unpaired) electrons. The summed E-state index contributed by atoms with van der Waals surface area (Å²) in [4.78, 5) is 28.8. The Hall–Kier alpha value is -3.78. The number of nitrogens with one attached hydrogen (secondary N) is 1. The van der Waals surface area contributed by atoms with Gasteiger partial charge in [-0.05, 0) is 54.3 Å². The van der Waals surface area contributed by atoms with E-state index in [2.05, 4.69) is 10.3 Å². The van der Waals surface area contributed by atoms with Gasteiger partial charge in [-0.25, -0.2) is 9.37 Å². The Labute approximate surface area is 205 Å². The van der Waals surface area contributed by atoms with Crippen molar-refractivity contribution in [3.05, 3.63) is 72.0 Å². The van der Waals surface area contributed by atoms with Gasteiger partial charge in [0, 0.05) is 11.5 Å². The summed E-state index contributed by atoms with van der Waals surface area (Å²) in [6, 6.07) is 17.4. The molecule has 0 saturated heterocycles. The van der Waals surface area contributed by atoms with Crippen LogP contribution in [0, 0.1) is 17.7 Å². The molecular formula is C27H23FN2O4S. The van der Waals surface area contributed by atoms with Gasteiger partial charge in [0.1, 0.15) is 11.6 Å². The van der Waals surface area contributed by atoms with Gasteiger partial charge in [0.2, 0.25) is 0 Å². The summed E-state index contributed by atoms with van der Waals surface area (Å²) in [7, 11) is 1.61. The van der Waals surface area contributed by atoms with Crippen LogP contribution in [0.2, 0.25) is 0 Å². The number of hydrogen-bond acceptors (Lipinski definition) is 6. The molecule has 2 atom stereocenters. The first-order valence-electron chi connectivity index (χ1n) is 11.3. The minimum Gasteiger partial charge on any atom is -0.497 e. The zero-order chi connectivity index (χ0) is 24.5. The van der Waals surface area contributed by atoms with Crippen molar-refractivity contribution in [3.8, 4) is 16.9 Å². The zero-order valence-corrected chi connectivity index (χ0v) is 19.8. The molecule has 3 aromatic carbocycles. The van der Waals surface area contributed by atoms with E-state index in [1.54, 1.807) is 43.5 Å². The molecule has 2 N–H and O–H groups in total. The molecule has 6 nitrogen and oxygen atoms in total. The van der Waals surface area contributed by atoms with Crippen molar-refractivity contribution in [1.29, 1.82) is 0 Å². The molecule has 178 valence electrons. The number of rotatable bonds is 7. The normalized spacial score (nSPS) is 17.4. The number of Topliss-reactive ketones (excluding diaryl/α,β-unsaturated/α-hetero) is 1. The second-order valence-corrected chi connectivity index (χ2v) is 9.63. The van der Waals surface area contributed by atoms with Crippen molar-refractivity contribution < 1.29 is 23.8 Å². The topological polar surface area (TPSA) is 88.5 Å². The summed E-state index contributed by atoms with van der Waals surface area (Å²) in [5.41, 5.74) is 3.04. The Bertz CT molecular complexity index is 1420. The molecule has 1 heterocycles. The summed E-state index contributed by atoms with van der Waals surface area (Å²) in [6.45, 7) is 0. The molecule has 0 unspecified atom stereocenters. The number of aromatic nitrogens is 1. The highest BCUT2D eigenvalue weighted by Gasteiger charge is 2.37. The fourth-order valence-electron chi connectivity index (χ4n) is 4.61. The number of carboxylic acids is 1. The van der Waals surface area contributed by atoms with Gasteiger partial charge in [0.25, 0.3) is 0 Å². The Balaban J connectivity index is 1.32. The smallest absolute Gasteiger partial charge is 0.307 e. The van der Waals surface area contributed by atoms with Gasteiger partial charge in [0.15, 0.2) is 10.9 Å². The molecule has 0 amide bonds. The predicted octanol–water partition coefficient (Wildman–Crippen LogP) is 6.54. The number of carbonyl (C=O) groups excluding carboxylic acids is 1. The maximum absolute atomic E-state index is 14.9. The van der Waals surface area contributed by atoms with Gasteiger partial charge in [-0.3, -0.25) is 9.59 Å². The fourth-order valence-corrected chi connectivity index (χ4v) is 5.51. The van der Waals surface area contributed by atoms with E-state index < -0.39 is 23.6 Å². The maximum Gasteiger partial charge on any atom is 0.307 e. The third kappa shape index (κ3) is 4.61. The van der Waals surface area contributed by atoms with Crippen LogP contribution in [0.4, 0.5) is 15.2 Å². The summed E-state index contributed by atoms with van der Waals surface area (Å²) in [6.07, 6.45) is 1.88. The number of ether oxygens (including phenoxy) is 1. The van der Waals surface area contributed by atoms with Gasteiger partial charge >= 0.3 is 5.97 Å². The van der Waals surface area contributed by atoms with E-state index in [1.165, 1.54) is 17.4 Å². The summed E-state index contributed by atoms with van der Waals surface area (Å²) < 4.78 is 21.1. The first kappa shape index (κ1) is 23.0. The number of methoxy groups -OCH3 is 1. The number of aliphatic carboxylic acids is 1. The quantitative estimate of drug-likeness (QED) is 0.286. The van der Waals surface area contributed by atoms with Crippen LogP contribution in [0.15, 0.2) is 60.7 Å². The highest BCUT2D eigenvalue weighted by molar-refractivity contribution is 7.22.